The van der Waals surface area contributed by atoms with Crippen LogP contribution in [-0.4, -0.2) is 25.5 Å². The van der Waals surface area contributed by atoms with Crippen LogP contribution in [0.25, 0.3) is 0 Å². The second kappa shape index (κ2) is 4.99. The fraction of sp³-hybridized carbons (Fsp3) is 1.00. The second-order valence-corrected chi connectivity index (χ2v) is 5.30. The highest BCUT2D eigenvalue weighted by Crippen LogP contribution is 2.33. The molecule has 1 fully saturated rings. The number of nitrogens with zero attached hydrogens (tertiary/aromatic N) is 1. The van der Waals surface area contributed by atoms with Crippen molar-refractivity contribution in [2.75, 3.05) is 20.6 Å². The highest BCUT2D eigenvalue weighted by molar-refractivity contribution is 4.76. The van der Waals surface area contributed by atoms with Crippen molar-refractivity contribution in [3.63, 3.8) is 0 Å². The summed E-state index contributed by atoms with van der Waals surface area (Å²) in [6.07, 6.45) is 5.86. The molecule has 0 heterocycles. The minimum Gasteiger partial charge on any atom is -0.309 e. The van der Waals surface area contributed by atoms with Crippen molar-refractivity contribution < 1.29 is 0 Å². The van der Waals surface area contributed by atoms with Crippen molar-refractivity contribution in [3.8, 4) is 0 Å². The molecule has 1 aliphatic carbocycles. The largest absolute Gasteiger partial charge is 0.309 e. The topological polar surface area (TPSA) is 3.24 Å². The van der Waals surface area contributed by atoms with Crippen molar-refractivity contribution in [2.45, 2.75) is 39.5 Å². The van der Waals surface area contributed by atoms with E-state index in [2.05, 4.69) is 32.8 Å². The van der Waals surface area contributed by atoms with Crippen molar-refractivity contribution in [2.24, 2.45) is 17.8 Å². The van der Waals surface area contributed by atoms with Gasteiger partial charge in [-0.1, -0.05) is 26.7 Å². The Hall–Kier alpha value is -0.0400. The molecule has 0 aromatic heterocycles. The van der Waals surface area contributed by atoms with Gasteiger partial charge >= 0.3 is 0 Å². The van der Waals surface area contributed by atoms with Gasteiger partial charge in [0, 0.05) is 6.54 Å². The number of hydrogen-bond acceptors (Lipinski definition) is 1. The van der Waals surface area contributed by atoms with Gasteiger partial charge in [0.05, 0.1) is 0 Å². The molecule has 1 heteroatoms. The zero-order valence-corrected chi connectivity index (χ0v) is 9.71. The molecule has 0 radical (unpaired) electrons. The molecule has 0 bridgehead atoms. The van der Waals surface area contributed by atoms with E-state index >= 15 is 0 Å². The van der Waals surface area contributed by atoms with Gasteiger partial charge in [-0.15, -0.1) is 0 Å². The van der Waals surface area contributed by atoms with Gasteiger partial charge in [-0.25, -0.2) is 0 Å². The number of rotatable bonds is 3. The molecule has 13 heavy (non-hydrogen) atoms. The Morgan fingerprint density at radius 2 is 1.92 bits per heavy atom. The molecule has 0 aromatic carbocycles. The van der Waals surface area contributed by atoms with Crippen molar-refractivity contribution >= 4 is 0 Å². The van der Waals surface area contributed by atoms with E-state index in [0.717, 1.165) is 17.8 Å². The summed E-state index contributed by atoms with van der Waals surface area (Å²) in [4.78, 5) is 2.34. The summed E-state index contributed by atoms with van der Waals surface area (Å²) in [5.41, 5.74) is 0. The van der Waals surface area contributed by atoms with Crippen molar-refractivity contribution in [1.82, 2.24) is 4.90 Å². The quantitative estimate of drug-likeness (QED) is 0.650. The monoisotopic (exact) mass is 183 g/mol. The van der Waals surface area contributed by atoms with Crippen LogP contribution in [0, 0.1) is 17.8 Å². The van der Waals surface area contributed by atoms with E-state index < -0.39 is 0 Å². The fourth-order valence-corrected chi connectivity index (χ4v) is 2.62. The van der Waals surface area contributed by atoms with E-state index in [-0.39, 0.29) is 0 Å². The summed E-state index contributed by atoms with van der Waals surface area (Å²) >= 11 is 0. The van der Waals surface area contributed by atoms with Crippen LogP contribution in [-0.2, 0) is 0 Å². The van der Waals surface area contributed by atoms with Crippen LogP contribution in [0.5, 0.6) is 0 Å². The Kier molecular flexibility index (Phi) is 4.24. The summed E-state index contributed by atoms with van der Waals surface area (Å²) in [7, 11) is 4.39. The Labute approximate surface area is 83.5 Å². The summed E-state index contributed by atoms with van der Waals surface area (Å²) in [5.74, 6) is 2.86. The molecule has 1 saturated carbocycles. The predicted octanol–water partition coefficient (Wildman–Crippen LogP) is 3.01. The molecule has 2 atom stereocenters. The highest BCUT2D eigenvalue weighted by atomic mass is 15.1. The van der Waals surface area contributed by atoms with Gasteiger partial charge in [0.25, 0.3) is 0 Å². The fourth-order valence-electron chi connectivity index (χ4n) is 2.62. The first-order chi connectivity index (χ1) is 6.09. The lowest BCUT2D eigenvalue weighted by atomic mass is 9.76. The second-order valence-electron chi connectivity index (χ2n) is 5.30. The minimum absolute atomic E-state index is 0.893. The maximum absolute atomic E-state index is 2.38. The first-order valence-electron chi connectivity index (χ1n) is 5.74. The van der Waals surface area contributed by atoms with Gasteiger partial charge in [0.2, 0.25) is 0 Å². The summed E-state index contributed by atoms with van der Waals surface area (Å²) in [6, 6.07) is 0. The third kappa shape index (κ3) is 3.68. The van der Waals surface area contributed by atoms with Gasteiger partial charge < -0.3 is 4.90 Å². The van der Waals surface area contributed by atoms with Gasteiger partial charge in [0.15, 0.2) is 0 Å². The van der Waals surface area contributed by atoms with Crippen LogP contribution < -0.4 is 0 Å². The Morgan fingerprint density at radius 1 is 1.23 bits per heavy atom. The van der Waals surface area contributed by atoms with E-state index in [4.69, 9.17) is 0 Å². The molecule has 0 saturated heterocycles. The Morgan fingerprint density at radius 3 is 2.46 bits per heavy atom. The van der Waals surface area contributed by atoms with Gasteiger partial charge in [-0.2, -0.15) is 0 Å². The smallest absolute Gasteiger partial charge is 0.000366 e. The molecule has 0 aromatic rings. The molecule has 2 unspecified atom stereocenters. The van der Waals surface area contributed by atoms with Crippen LogP contribution in [0.4, 0.5) is 0 Å². The summed E-state index contributed by atoms with van der Waals surface area (Å²) < 4.78 is 0. The molecular formula is C12H25N. The van der Waals surface area contributed by atoms with Crippen LogP contribution in [0.15, 0.2) is 0 Å². The molecule has 0 amide bonds. The van der Waals surface area contributed by atoms with Gasteiger partial charge in [-0.05, 0) is 44.7 Å². The number of hydrogen-bond donors (Lipinski definition) is 0. The molecule has 0 spiro atoms. The summed E-state index contributed by atoms with van der Waals surface area (Å²) in [5, 5.41) is 0. The first-order valence-corrected chi connectivity index (χ1v) is 5.74. The molecule has 1 rings (SSSR count). The first kappa shape index (κ1) is 11.0. The van der Waals surface area contributed by atoms with Crippen molar-refractivity contribution in [1.29, 1.82) is 0 Å². The van der Waals surface area contributed by atoms with Crippen LogP contribution in [0.3, 0.4) is 0 Å². The average Bonchev–Trinajstić information content (AvgIpc) is 2.03. The maximum atomic E-state index is 2.38. The Balaban J connectivity index is 2.33. The third-order valence-electron chi connectivity index (χ3n) is 3.39. The SMILES string of the molecule is CC(C)C1CCCC(CN(C)C)C1. The van der Waals surface area contributed by atoms with E-state index in [1.165, 1.54) is 32.2 Å². The maximum Gasteiger partial charge on any atom is 0.000366 e. The molecule has 0 aliphatic heterocycles. The lowest BCUT2D eigenvalue weighted by Gasteiger charge is -2.33. The van der Waals surface area contributed by atoms with Gasteiger partial charge in [-0.3, -0.25) is 0 Å². The molecule has 0 N–H and O–H groups in total. The normalized spacial score (nSPS) is 30.0. The third-order valence-corrected chi connectivity index (χ3v) is 3.39. The average molecular weight is 183 g/mol. The molecule has 1 nitrogen and oxygen atoms in total. The molecule has 1 aliphatic rings. The van der Waals surface area contributed by atoms with E-state index in [9.17, 15) is 0 Å². The van der Waals surface area contributed by atoms with E-state index in [0.29, 0.717) is 0 Å². The predicted molar refractivity (Wildman–Crippen MR) is 58.8 cm³/mol. The van der Waals surface area contributed by atoms with Crippen molar-refractivity contribution in [3.05, 3.63) is 0 Å². The highest BCUT2D eigenvalue weighted by Gasteiger charge is 2.24. The lowest BCUT2D eigenvalue weighted by molar-refractivity contribution is 0.182. The molecular weight excluding hydrogens is 158 g/mol. The van der Waals surface area contributed by atoms with Crippen LogP contribution in [0.1, 0.15) is 39.5 Å². The summed E-state index contributed by atoms with van der Waals surface area (Å²) in [6.45, 7) is 6.05. The Bertz CT molecular complexity index is 140. The van der Waals surface area contributed by atoms with Crippen LogP contribution >= 0.6 is 0 Å². The van der Waals surface area contributed by atoms with E-state index in [1.807, 2.05) is 0 Å². The zero-order chi connectivity index (χ0) is 9.84. The minimum atomic E-state index is 0.893. The zero-order valence-electron chi connectivity index (χ0n) is 9.71. The molecule has 78 valence electrons. The standard InChI is InChI=1S/C12H25N/c1-10(2)12-7-5-6-11(8-12)9-13(3)4/h10-12H,5-9H2,1-4H3. The van der Waals surface area contributed by atoms with Gasteiger partial charge in [0.1, 0.15) is 0 Å². The van der Waals surface area contributed by atoms with Crippen LogP contribution in [0.2, 0.25) is 0 Å². The van der Waals surface area contributed by atoms with E-state index in [1.54, 1.807) is 0 Å². The lowest BCUT2D eigenvalue weighted by Crippen LogP contribution is -2.28.